The van der Waals surface area contributed by atoms with Gasteiger partial charge in [0.1, 0.15) is 11.9 Å². The molecule has 2 rings (SSSR count). The van der Waals surface area contributed by atoms with Crippen LogP contribution in [0.4, 0.5) is 0 Å². The maximum Gasteiger partial charge on any atom is 0.245 e. The summed E-state index contributed by atoms with van der Waals surface area (Å²) in [6.07, 6.45) is 2.04. The lowest BCUT2D eigenvalue weighted by Crippen LogP contribution is -2.51. The summed E-state index contributed by atoms with van der Waals surface area (Å²) in [5, 5.41) is 7.19. The molecule has 0 aromatic carbocycles. The quantitative estimate of drug-likeness (QED) is 0.683. The van der Waals surface area contributed by atoms with Gasteiger partial charge in [-0.05, 0) is 25.7 Å². The van der Waals surface area contributed by atoms with Crippen molar-refractivity contribution in [3.8, 4) is 0 Å². The Morgan fingerprint density at radius 1 is 1.26 bits per heavy atom. The van der Waals surface area contributed by atoms with Crippen LogP contribution in [0.5, 0.6) is 0 Å². The van der Waals surface area contributed by atoms with Gasteiger partial charge < -0.3 is 16.0 Å². The van der Waals surface area contributed by atoms with E-state index < -0.39 is 11.9 Å². The molecule has 2 atom stereocenters. The van der Waals surface area contributed by atoms with Crippen LogP contribution >= 0.6 is 0 Å². The monoisotopic (exact) mass is 378 g/mol. The van der Waals surface area contributed by atoms with Gasteiger partial charge >= 0.3 is 0 Å². The summed E-state index contributed by atoms with van der Waals surface area (Å²) in [6.45, 7) is 8.61. The number of nitrogens with zero attached hydrogens (tertiary/aromatic N) is 4. The molecule has 9 heteroatoms. The van der Waals surface area contributed by atoms with Gasteiger partial charge in [0, 0.05) is 26.3 Å². The van der Waals surface area contributed by atoms with Crippen molar-refractivity contribution in [2.45, 2.75) is 72.0 Å². The summed E-state index contributed by atoms with van der Waals surface area (Å²) in [5.74, 6) is 1.08. The number of primary amides is 1. The molecule has 0 aliphatic carbocycles. The first kappa shape index (κ1) is 20.9. The topological polar surface area (TPSA) is 123 Å². The Labute approximate surface area is 159 Å². The van der Waals surface area contributed by atoms with Crippen molar-refractivity contribution in [3.63, 3.8) is 0 Å². The number of rotatable bonds is 8. The Balaban J connectivity index is 2.12. The SMILES string of the molecule is CC(=O)N[C@@H](CCC(N)=O)C(=O)N1CCn2nc(CCC(C)C)nc2[C@H]1C. The molecule has 0 saturated carbocycles. The number of carbonyl (C=O) groups is 3. The second kappa shape index (κ2) is 8.96. The van der Waals surface area contributed by atoms with Gasteiger partial charge in [0.25, 0.3) is 0 Å². The first-order valence-corrected chi connectivity index (χ1v) is 9.48. The van der Waals surface area contributed by atoms with E-state index in [9.17, 15) is 14.4 Å². The smallest absolute Gasteiger partial charge is 0.245 e. The highest BCUT2D eigenvalue weighted by Crippen LogP contribution is 2.25. The van der Waals surface area contributed by atoms with Crippen LogP contribution in [-0.4, -0.2) is 50.0 Å². The molecule has 0 spiro atoms. The van der Waals surface area contributed by atoms with Crippen molar-refractivity contribution in [2.24, 2.45) is 11.7 Å². The summed E-state index contributed by atoms with van der Waals surface area (Å²) in [6, 6.07) is -1.02. The molecule has 27 heavy (non-hydrogen) atoms. The molecule has 1 aliphatic rings. The standard InChI is InChI=1S/C18H30N6O3/c1-11(2)5-8-16-21-17-12(3)23(9-10-24(17)22-16)18(27)14(20-13(4)25)6-7-15(19)26/h11-12,14H,5-10H2,1-4H3,(H2,19,26)(H,20,25)/t12-,14+/m1/s1. The zero-order valence-corrected chi connectivity index (χ0v) is 16.6. The summed E-state index contributed by atoms with van der Waals surface area (Å²) in [4.78, 5) is 41.9. The Bertz CT molecular complexity index is 699. The molecule has 0 unspecified atom stereocenters. The van der Waals surface area contributed by atoms with Crippen molar-refractivity contribution >= 4 is 17.7 Å². The third-order valence-electron chi connectivity index (χ3n) is 4.72. The Morgan fingerprint density at radius 3 is 2.56 bits per heavy atom. The number of aryl methyl sites for hydroxylation is 1. The molecule has 9 nitrogen and oxygen atoms in total. The Morgan fingerprint density at radius 2 is 1.96 bits per heavy atom. The van der Waals surface area contributed by atoms with Gasteiger partial charge in [-0.25, -0.2) is 9.67 Å². The normalized spacial score (nSPS) is 17.5. The molecule has 0 fully saturated rings. The summed E-state index contributed by atoms with van der Waals surface area (Å²) in [5.41, 5.74) is 5.19. The molecule has 150 valence electrons. The predicted molar refractivity (Wildman–Crippen MR) is 99.3 cm³/mol. The zero-order valence-electron chi connectivity index (χ0n) is 16.6. The van der Waals surface area contributed by atoms with E-state index >= 15 is 0 Å². The minimum Gasteiger partial charge on any atom is -0.370 e. The number of hydrogen-bond acceptors (Lipinski definition) is 5. The molecular weight excluding hydrogens is 348 g/mol. The van der Waals surface area contributed by atoms with E-state index in [1.807, 2.05) is 11.6 Å². The van der Waals surface area contributed by atoms with Gasteiger partial charge in [-0.2, -0.15) is 5.10 Å². The lowest BCUT2D eigenvalue weighted by molar-refractivity contribution is -0.139. The van der Waals surface area contributed by atoms with Crippen molar-refractivity contribution < 1.29 is 14.4 Å². The average Bonchev–Trinajstić information content (AvgIpc) is 3.00. The van der Waals surface area contributed by atoms with E-state index in [0.717, 1.165) is 24.5 Å². The minimum atomic E-state index is -0.771. The fraction of sp³-hybridized carbons (Fsp3) is 0.722. The highest BCUT2D eigenvalue weighted by atomic mass is 16.2. The molecule has 3 N–H and O–H groups in total. The molecule has 1 aromatic rings. The van der Waals surface area contributed by atoms with Gasteiger partial charge in [-0.1, -0.05) is 13.8 Å². The van der Waals surface area contributed by atoms with Crippen LogP contribution in [-0.2, 0) is 27.3 Å². The van der Waals surface area contributed by atoms with E-state index in [4.69, 9.17) is 5.73 Å². The number of nitrogens with two attached hydrogens (primary N) is 1. The molecule has 0 bridgehead atoms. The van der Waals surface area contributed by atoms with Gasteiger partial charge in [0.2, 0.25) is 17.7 Å². The first-order valence-electron chi connectivity index (χ1n) is 9.48. The number of nitrogens with one attached hydrogen (secondary N) is 1. The van der Waals surface area contributed by atoms with E-state index in [2.05, 4.69) is 29.2 Å². The number of fused-ring (bicyclic) bond motifs is 1. The third kappa shape index (κ3) is 5.51. The van der Waals surface area contributed by atoms with E-state index in [1.54, 1.807) is 4.90 Å². The van der Waals surface area contributed by atoms with Gasteiger partial charge in [0.15, 0.2) is 5.82 Å². The van der Waals surface area contributed by atoms with Crippen molar-refractivity contribution in [1.82, 2.24) is 25.0 Å². The lowest BCUT2D eigenvalue weighted by atomic mass is 10.1. The van der Waals surface area contributed by atoms with Crippen LogP contribution in [0.3, 0.4) is 0 Å². The number of aromatic nitrogens is 3. The summed E-state index contributed by atoms with van der Waals surface area (Å²) < 4.78 is 1.86. The molecule has 1 aromatic heterocycles. The molecule has 0 radical (unpaired) electrons. The average molecular weight is 378 g/mol. The van der Waals surface area contributed by atoms with Crippen LogP contribution in [0.2, 0.25) is 0 Å². The largest absolute Gasteiger partial charge is 0.370 e. The first-order chi connectivity index (χ1) is 12.7. The predicted octanol–water partition coefficient (Wildman–Crippen LogP) is 0.540. The Kier molecular flexibility index (Phi) is 6.92. The number of hydrogen-bond donors (Lipinski definition) is 2. The molecule has 2 heterocycles. The van der Waals surface area contributed by atoms with Crippen molar-refractivity contribution in [2.75, 3.05) is 6.54 Å². The van der Waals surface area contributed by atoms with E-state index in [0.29, 0.717) is 19.0 Å². The molecule has 0 saturated heterocycles. The van der Waals surface area contributed by atoms with Gasteiger partial charge in [-0.15, -0.1) is 0 Å². The maximum atomic E-state index is 13.0. The highest BCUT2D eigenvalue weighted by Gasteiger charge is 2.34. The zero-order chi connectivity index (χ0) is 20.1. The number of carbonyl (C=O) groups excluding carboxylic acids is 3. The lowest BCUT2D eigenvalue weighted by Gasteiger charge is -2.35. The summed E-state index contributed by atoms with van der Waals surface area (Å²) >= 11 is 0. The Hall–Kier alpha value is -2.45. The van der Waals surface area contributed by atoms with Gasteiger partial charge in [-0.3, -0.25) is 14.4 Å². The number of amides is 3. The highest BCUT2D eigenvalue weighted by molar-refractivity contribution is 5.87. The third-order valence-corrected chi connectivity index (χ3v) is 4.72. The fourth-order valence-corrected chi connectivity index (χ4v) is 3.23. The van der Waals surface area contributed by atoms with E-state index in [1.165, 1.54) is 6.92 Å². The minimum absolute atomic E-state index is 0.0362. The second-order valence-electron chi connectivity index (χ2n) is 7.51. The summed E-state index contributed by atoms with van der Waals surface area (Å²) in [7, 11) is 0. The molecule has 3 amide bonds. The maximum absolute atomic E-state index is 13.0. The van der Waals surface area contributed by atoms with Crippen LogP contribution in [0.25, 0.3) is 0 Å². The molecular formula is C18H30N6O3. The van der Waals surface area contributed by atoms with Gasteiger partial charge in [0.05, 0.1) is 12.6 Å². The van der Waals surface area contributed by atoms with Crippen molar-refractivity contribution in [1.29, 1.82) is 0 Å². The van der Waals surface area contributed by atoms with E-state index in [-0.39, 0.29) is 30.7 Å². The van der Waals surface area contributed by atoms with Crippen molar-refractivity contribution in [3.05, 3.63) is 11.6 Å². The van der Waals surface area contributed by atoms with Crippen LogP contribution in [0.15, 0.2) is 0 Å². The fourth-order valence-electron chi connectivity index (χ4n) is 3.23. The van der Waals surface area contributed by atoms with Crippen LogP contribution < -0.4 is 11.1 Å². The van der Waals surface area contributed by atoms with Crippen LogP contribution in [0, 0.1) is 5.92 Å². The molecule has 1 aliphatic heterocycles. The second-order valence-corrected chi connectivity index (χ2v) is 7.51. The van der Waals surface area contributed by atoms with Crippen LogP contribution in [0.1, 0.15) is 64.6 Å².